The van der Waals surface area contributed by atoms with Crippen LogP contribution in [0.2, 0.25) is 0 Å². The Bertz CT molecular complexity index is 2290. The van der Waals surface area contributed by atoms with Crippen molar-refractivity contribution in [1.82, 2.24) is 18.3 Å². The summed E-state index contributed by atoms with van der Waals surface area (Å²) in [5.41, 5.74) is 5.64. The number of hydrogen-bond donors (Lipinski definition) is 0. The van der Waals surface area contributed by atoms with Crippen molar-refractivity contribution in [3.05, 3.63) is 121 Å². The summed E-state index contributed by atoms with van der Waals surface area (Å²) in [6, 6.07) is 35.4. The molecule has 8 heteroatoms. The van der Waals surface area contributed by atoms with Gasteiger partial charge in [0.1, 0.15) is 16.9 Å². The van der Waals surface area contributed by atoms with Crippen molar-refractivity contribution in [2.75, 3.05) is 0 Å². The molecule has 0 aliphatic carbocycles. The summed E-state index contributed by atoms with van der Waals surface area (Å²) in [4.78, 5) is 5.22. The number of nitrogens with zero attached hydrogens (tertiary/aromatic N) is 4. The van der Waals surface area contributed by atoms with Crippen molar-refractivity contribution in [1.29, 1.82) is 0 Å². The molecule has 202 valence electrons. The van der Waals surface area contributed by atoms with E-state index in [1.807, 2.05) is 83.4 Å². The van der Waals surface area contributed by atoms with E-state index < -0.39 is 11.7 Å². The van der Waals surface area contributed by atoms with Crippen LogP contribution in [0.1, 0.15) is 5.56 Å². The van der Waals surface area contributed by atoms with Gasteiger partial charge in [0.2, 0.25) is 0 Å². The van der Waals surface area contributed by atoms with Crippen molar-refractivity contribution in [3.63, 3.8) is 0 Å². The third-order valence-corrected chi connectivity index (χ3v) is 8.25. The SMILES string of the molecule is FC(F)(F)c1ccc(-n2c(-c3ccc(-c4ccccc4)c4nsnc34)nc3c4ccccc4c4ccccc4c32)cc1. The van der Waals surface area contributed by atoms with Gasteiger partial charge in [-0.2, -0.15) is 21.9 Å². The maximum atomic E-state index is 13.5. The van der Waals surface area contributed by atoms with Gasteiger partial charge < -0.3 is 0 Å². The lowest BCUT2D eigenvalue weighted by Gasteiger charge is -2.14. The van der Waals surface area contributed by atoms with E-state index in [9.17, 15) is 13.2 Å². The van der Waals surface area contributed by atoms with Crippen molar-refractivity contribution in [2.45, 2.75) is 6.18 Å². The fourth-order valence-electron chi connectivity index (χ4n) is 5.83. The van der Waals surface area contributed by atoms with E-state index in [1.165, 1.54) is 12.1 Å². The predicted molar refractivity (Wildman–Crippen MR) is 163 cm³/mol. The Kier molecular flexibility index (Phi) is 5.42. The van der Waals surface area contributed by atoms with E-state index in [0.29, 0.717) is 17.0 Å². The smallest absolute Gasteiger partial charge is 0.292 e. The summed E-state index contributed by atoms with van der Waals surface area (Å²) in [5.74, 6) is 0.587. The van der Waals surface area contributed by atoms with Crippen LogP contribution in [0.25, 0.3) is 71.8 Å². The molecule has 0 bridgehead atoms. The van der Waals surface area contributed by atoms with Gasteiger partial charge in [0.25, 0.3) is 0 Å². The highest BCUT2D eigenvalue weighted by molar-refractivity contribution is 7.00. The molecule has 2 heterocycles. The molecule has 42 heavy (non-hydrogen) atoms. The number of alkyl halides is 3. The van der Waals surface area contributed by atoms with Crippen LogP contribution in [-0.4, -0.2) is 18.3 Å². The molecule has 2 aromatic heterocycles. The van der Waals surface area contributed by atoms with Crippen LogP contribution in [0.3, 0.4) is 0 Å². The average molecular weight is 573 g/mol. The number of rotatable bonds is 3. The molecule has 8 rings (SSSR count). The highest BCUT2D eigenvalue weighted by Crippen LogP contribution is 2.42. The van der Waals surface area contributed by atoms with Gasteiger partial charge in [0.15, 0.2) is 0 Å². The minimum atomic E-state index is -4.44. The van der Waals surface area contributed by atoms with Crippen LogP contribution < -0.4 is 0 Å². The first-order chi connectivity index (χ1) is 20.5. The Balaban J connectivity index is 1.50. The van der Waals surface area contributed by atoms with Crippen LogP contribution in [0, 0.1) is 0 Å². The first kappa shape index (κ1) is 24.7. The maximum absolute atomic E-state index is 13.5. The highest BCUT2D eigenvalue weighted by atomic mass is 32.1. The lowest BCUT2D eigenvalue weighted by atomic mass is 10.00. The largest absolute Gasteiger partial charge is 0.416 e. The lowest BCUT2D eigenvalue weighted by Crippen LogP contribution is -2.05. The summed E-state index contributed by atoms with van der Waals surface area (Å²) in [5, 5.41) is 4.02. The van der Waals surface area contributed by atoms with Gasteiger partial charge in [0.05, 0.1) is 28.3 Å². The number of imidazole rings is 1. The second kappa shape index (κ2) is 9.22. The number of benzene rings is 6. The van der Waals surface area contributed by atoms with Gasteiger partial charge in [-0.25, -0.2) is 4.98 Å². The summed E-state index contributed by atoms with van der Waals surface area (Å²) >= 11 is 1.13. The Morgan fingerprint density at radius 1 is 0.548 bits per heavy atom. The van der Waals surface area contributed by atoms with E-state index in [4.69, 9.17) is 4.98 Å². The molecule has 0 unspecified atom stereocenters. The molecule has 0 radical (unpaired) electrons. The molecule has 4 nitrogen and oxygen atoms in total. The summed E-state index contributed by atoms with van der Waals surface area (Å²) in [6.45, 7) is 0. The molecule has 0 fully saturated rings. The third kappa shape index (κ3) is 3.72. The Hall–Kier alpha value is -5.08. The number of halogens is 3. The third-order valence-electron chi connectivity index (χ3n) is 7.73. The van der Waals surface area contributed by atoms with Crippen LogP contribution in [0.5, 0.6) is 0 Å². The van der Waals surface area contributed by atoms with Crippen molar-refractivity contribution in [2.24, 2.45) is 0 Å². The molecule has 0 saturated carbocycles. The first-order valence-electron chi connectivity index (χ1n) is 13.3. The van der Waals surface area contributed by atoms with E-state index in [0.717, 1.165) is 78.6 Å². The Labute approximate surface area is 241 Å². The van der Waals surface area contributed by atoms with E-state index >= 15 is 0 Å². The standard InChI is InChI=1S/C34H19F3N4S/c35-34(36,37)21-14-16-22(17-15-21)41-32-27-13-7-5-11-25(27)24-10-4-6-12-26(24)31(32)38-33(41)28-19-18-23(20-8-2-1-3-9-20)29-30(28)40-42-39-29/h1-19H. The predicted octanol–water partition coefficient (Wildman–Crippen LogP) is 9.69. The average Bonchev–Trinajstić information content (AvgIpc) is 3.67. The van der Waals surface area contributed by atoms with Crippen LogP contribution >= 0.6 is 11.7 Å². The molecule has 0 amide bonds. The summed E-state index contributed by atoms with van der Waals surface area (Å²) in [6.07, 6.45) is -4.44. The molecule has 8 aromatic rings. The molecule has 0 aliphatic heterocycles. The zero-order valence-electron chi connectivity index (χ0n) is 21.8. The second-order valence-corrected chi connectivity index (χ2v) is 10.6. The van der Waals surface area contributed by atoms with Crippen molar-refractivity contribution in [3.8, 4) is 28.2 Å². The summed E-state index contributed by atoms with van der Waals surface area (Å²) in [7, 11) is 0. The lowest BCUT2D eigenvalue weighted by molar-refractivity contribution is -0.137. The second-order valence-electron chi connectivity index (χ2n) is 10.1. The maximum Gasteiger partial charge on any atom is 0.416 e. The van der Waals surface area contributed by atoms with Crippen LogP contribution in [0.4, 0.5) is 13.2 Å². The molecular formula is C34H19F3N4S. The van der Waals surface area contributed by atoms with Crippen molar-refractivity contribution >= 4 is 55.3 Å². The first-order valence-corrected chi connectivity index (χ1v) is 14.0. The van der Waals surface area contributed by atoms with E-state index in [1.54, 1.807) is 0 Å². The minimum absolute atomic E-state index is 0.574. The molecule has 0 atom stereocenters. The van der Waals surface area contributed by atoms with Gasteiger partial charge in [-0.05, 0) is 46.7 Å². The number of aromatic nitrogens is 4. The Morgan fingerprint density at radius 2 is 1.12 bits per heavy atom. The normalized spacial score (nSPS) is 12.2. The molecule has 0 spiro atoms. The highest BCUT2D eigenvalue weighted by Gasteiger charge is 2.30. The van der Waals surface area contributed by atoms with Crippen LogP contribution in [-0.2, 0) is 6.18 Å². The minimum Gasteiger partial charge on any atom is -0.292 e. The molecule has 6 aromatic carbocycles. The van der Waals surface area contributed by atoms with Gasteiger partial charge in [-0.3, -0.25) is 4.57 Å². The van der Waals surface area contributed by atoms with Gasteiger partial charge in [0, 0.05) is 27.6 Å². The van der Waals surface area contributed by atoms with Gasteiger partial charge in [-0.15, -0.1) is 0 Å². The quantitative estimate of drug-likeness (QED) is 0.198. The van der Waals surface area contributed by atoms with Crippen LogP contribution in [0.15, 0.2) is 115 Å². The van der Waals surface area contributed by atoms with Gasteiger partial charge in [-0.1, -0.05) is 84.9 Å². The Morgan fingerprint density at radius 3 is 1.81 bits per heavy atom. The van der Waals surface area contributed by atoms with Crippen molar-refractivity contribution < 1.29 is 13.2 Å². The van der Waals surface area contributed by atoms with E-state index in [-0.39, 0.29) is 0 Å². The molecule has 0 N–H and O–H groups in total. The zero-order chi connectivity index (χ0) is 28.4. The monoisotopic (exact) mass is 572 g/mol. The topological polar surface area (TPSA) is 43.6 Å². The molecular weight excluding hydrogens is 553 g/mol. The van der Waals surface area contributed by atoms with E-state index in [2.05, 4.69) is 20.9 Å². The summed E-state index contributed by atoms with van der Waals surface area (Å²) < 4.78 is 51.9. The fourth-order valence-corrected chi connectivity index (χ4v) is 6.41. The molecule has 0 saturated heterocycles. The number of hydrogen-bond acceptors (Lipinski definition) is 4. The zero-order valence-corrected chi connectivity index (χ0v) is 22.6. The number of fused-ring (bicyclic) bond motifs is 7. The molecule has 0 aliphatic rings. The van der Waals surface area contributed by atoms with Gasteiger partial charge >= 0.3 is 6.18 Å². The fraction of sp³-hybridized carbons (Fsp3) is 0.0294.